The largest absolute Gasteiger partial charge is 0.456 e. The summed E-state index contributed by atoms with van der Waals surface area (Å²) in [6.45, 7) is 15.1. The minimum Gasteiger partial charge on any atom is -0.456 e. The molecule has 0 aromatic heterocycles. The molecule has 0 spiro atoms. The van der Waals surface area contributed by atoms with Gasteiger partial charge in [0, 0.05) is 11.1 Å². The Hall–Kier alpha value is -1.58. The Balaban J connectivity index is 1.90. The van der Waals surface area contributed by atoms with Gasteiger partial charge in [-0.3, -0.25) is 0 Å². The van der Waals surface area contributed by atoms with Crippen LogP contribution in [0, 0.1) is 11.8 Å². The van der Waals surface area contributed by atoms with E-state index in [9.17, 15) is 9.59 Å². The summed E-state index contributed by atoms with van der Waals surface area (Å²) >= 11 is 0. The molecule has 0 aliphatic heterocycles. The zero-order valence-corrected chi connectivity index (χ0v) is 18.3. The van der Waals surface area contributed by atoms with Gasteiger partial charge in [-0.05, 0) is 89.9 Å². The van der Waals surface area contributed by atoms with Crippen LogP contribution in [0.4, 0.5) is 0 Å². The zero-order chi connectivity index (χ0) is 20.9. The molecule has 28 heavy (non-hydrogen) atoms. The van der Waals surface area contributed by atoms with Crippen LogP contribution in [0.25, 0.3) is 0 Å². The van der Waals surface area contributed by atoms with Gasteiger partial charge < -0.3 is 9.47 Å². The van der Waals surface area contributed by atoms with E-state index in [1.807, 2.05) is 0 Å². The molecule has 4 nitrogen and oxygen atoms in total. The van der Waals surface area contributed by atoms with Gasteiger partial charge in [0.2, 0.25) is 0 Å². The van der Waals surface area contributed by atoms with Gasteiger partial charge >= 0.3 is 11.9 Å². The van der Waals surface area contributed by atoms with Crippen LogP contribution < -0.4 is 0 Å². The Morgan fingerprint density at radius 3 is 1.25 bits per heavy atom. The highest BCUT2D eigenvalue weighted by molar-refractivity contribution is 5.87. The highest BCUT2D eigenvalue weighted by Gasteiger charge is 2.43. The van der Waals surface area contributed by atoms with Crippen LogP contribution in [-0.2, 0) is 19.1 Å². The second kappa shape index (κ2) is 9.28. The van der Waals surface area contributed by atoms with E-state index in [1.165, 1.54) is 0 Å². The van der Waals surface area contributed by atoms with Gasteiger partial charge in [-0.1, -0.05) is 27.0 Å². The number of hydrogen-bond acceptors (Lipinski definition) is 4. The average molecular weight is 391 g/mol. The van der Waals surface area contributed by atoms with Crippen LogP contribution in [-0.4, -0.2) is 23.1 Å². The molecule has 0 bridgehead atoms. The molecule has 4 heteroatoms. The van der Waals surface area contributed by atoms with Crippen molar-refractivity contribution in [3.63, 3.8) is 0 Å². The Labute approximate surface area is 170 Å². The highest BCUT2D eigenvalue weighted by atomic mass is 16.6. The average Bonchev–Trinajstić information content (AvgIpc) is 2.69. The van der Waals surface area contributed by atoms with Crippen molar-refractivity contribution in [2.45, 2.75) is 103 Å². The summed E-state index contributed by atoms with van der Waals surface area (Å²) in [5.74, 6) is 0.833. The second-order valence-electron chi connectivity index (χ2n) is 9.09. The SMILES string of the molecule is C=C(C)C(=O)OC1(CC)CCC(C2CCC(CC)(OC(=O)C(=C)C)CC2)CC1. The summed E-state index contributed by atoms with van der Waals surface area (Å²) in [6.07, 6.45) is 9.89. The minimum absolute atomic E-state index is 0.259. The van der Waals surface area contributed by atoms with E-state index in [4.69, 9.17) is 9.47 Å². The van der Waals surface area contributed by atoms with Crippen LogP contribution >= 0.6 is 0 Å². The van der Waals surface area contributed by atoms with Gasteiger partial charge in [-0.25, -0.2) is 9.59 Å². The Morgan fingerprint density at radius 2 is 1.04 bits per heavy atom. The minimum atomic E-state index is -0.314. The molecule has 0 aromatic rings. The van der Waals surface area contributed by atoms with E-state index in [0.717, 1.165) is 64.2 Å². The molecule has 2 rings (SSSR count). The van der Waals surface area contributed by atoms with Crippen molar-refractivity contribution >= 4 is 11.9 Å². The molecule has 2 saturated carbocycles. The fourth-order valence-electron chi connectivity index (χ4n) is 4.90. The van der Waals surface area contributed by atoms with E-state index in [0.29, 0.717) is 23.0 Å². The smallest absolute Gasteiger partial charge is 0.333 e. The van der Waals surface area contributed by atoms with E-state index in [1.54, 1.807) is 13.8 Å². The third kappa shape index (κ3) is 5.27. The summed E-state index contributed by atoms with van der Waals surface area (Å²) in [4.78, 5) is 24.1. The topological polar surface area (TPSA) is 52.6 Å². The van der Waals surface area contributed by atoms with Crippen LogP contribution in [0.5, 0.6) is 0 Å². The molecule has 0 N–H and O–H groups in total. The quantitative estimate of drug-likeness (QED) is 0.401. The number of carbonyl (C=O) groups is 2. The van der Waals surface area contributed by atoms with Crippen LogP contribution in [0.1, 0.15) is 91.9 Å². The first-order valence-corrected chi connectivity index (χ1v) is 10.9. The zero-order valence-electron chi connectivity index (χ0n) is 18.3. The van der Waals surface area contributed by atoms with Gasteiger partial charge in [0.15, 0.2) is 0 Å². The van der Waals surface area contributed by atoms with Crippen LogP contribution in [0.15, 0.2) is 24.3 Å². The van der Waals surface area contributed by atoms with E-state index in [2.05, 4.69) is 27.0 Å². The summed E-state index contributed by atoms with van der Waals surface area (Å²) in [7, 11) is 0. The molecule has 0 atom stereocenters. The number of ether oxygens (including phenoxy) is 2. The Morgan fingerprint density at radius 1 is 0.750 bits per heavy atom. The van der Waals surface area contributed by atoms with Gasteiger partial charge in [0.25, 0.3) is 0 Å². The summed E-state index contributed by atoms with van der Waals surface area (Å²) < 4.78 is 11.7. The van der Waals surface area contributed by atoms with Crippen molar-refractivity contribution in [2.24, 2.45) is 11.8 Å². The monoisotopic (exact) mass is 390 g/mol. The van der Waals surface area contributed by atoms with E-state index < -0.39 is 0 Å². The standard InChI is InChI=1S/C24H38O4/c1-7-23(27-21(25)17(3)4)13-9-19(10-14-23)20-11-15-24(8-2,16-12-20)28-22(26)18(5)6/h19-20H,3,5,7-16H2,1-2,4,6H3. The number of carbonyl (C=O) groups excluding carboxylic acids is 2. The predicted molar refractivity (Wildman–Crippen MR) is 112 cm³/mol. The molecular formula is C24H38O4. The first-order chi connectivity index (χ1) is 13.2. The third-order valence-electron chi connectivity index (χ3n) is 7.15. The van der Waals surface area contributed by atoms with Crippen molar-refractivity contribution < 1.29 is 19.1 Å². The Bertz CT molecular complexity index is 548. The molecule has 2 aliphatic rings. The maximum atomic E-state index is 12.0. The summed E-state index contributed by atoms with van der Waals surface area (Å²) in [5.41, 5.74) is 0.321. The molecular weight excluding hydrogens is 352 g/mol. The number of hydrogen-bond donors (Lipinski definition) is 0. The molecule has 0 aromatic carbocycles. The molecule has 0 radical (unpaired) electrons. The van der Waals surface area contributed by atoms with Crippen molar-refractivity contribution in [2.75, 3.05) is 0 Å². The lowest BCUT2D eigenvalue weighted by atomic mass is 9.66. The lowest BCUT2D eigenvalue weighted by Crippen LogP contribution is -2.43. The summed E-state index contributed by atoms with van der Waals surface area (Å²) in [5, 5.41) is 0. The van der Waals surface area contributed by atoms with Gasteiger partial charge in [0.1, 0.15) is 11.2 Å². The molecule has 0 heterocycles. The van der Waals surface area contributed by atoms with Gasteiger partial charge in [-0.2, -0.15) is 0 Å². The fourth-order valence-corrected chi connectivity index (χ4v) is 4.90. The molecule has 0 amide bonds. The second-order valence-corrected chi connectivity index (χ2v) is 9.09. The molecule has 2 aliphatic carbocycles. The van der Waals surface area contributed by atoms with Crippen molar-refractivity contribution in [3.8, 4) is 0 Å². The molecule has 2 fully saturated rings. The van der Waals surface area contributed by atoms with Crippen LogP contribution in [0.2, 0.25) is 0 Å². The van der Waals surface area contributed by atoms with Crippen LogP contribution in [0.3, 0.4) is 0 Å². The maximum absolute atomic E-state index is 12.0. The predicted octanol–water partition coefficient (Wildman–Crippen LogP) is 5.90. The summed E-state index contributed by atoms with van der Waals surface area (Å²) in [6, 6.07) is 0. The van der Waals surface area contributed by atoms with E-state index >= 15 is 0 Å². The fraction of sp³-hybridized carbons (Fsp3) is 0.750. The maximum Gasteiger partial charge on any atom is 0.333 e. The number of rotatable bonds is 7. The lowest BCUT2D eigenvalue weighted by Gasteiger charge is -2.45. The molecule has 0 unspecified atom stereocenters. The van der Waals surface area contributed by atoms with Crippen molar-refractivity contribution in [1.29, 1.82) is 0 Å². The highest BCUT2D eigenvalue weighted by Crippen LogP contribution is 2.47. The van der Waals surface area contributed by atoms with Crippen molar-refractivity contribution in [3.05, 3.63) is 24.3 Å². The lowest BCUT2D eigenvalue weighted by molar-refractivity contribution is -0.164. The van der Waals surface area contributed by atoms with E-state index in [-0.39, 0.29) is 23.1 Å². The molecule has 0 saturated heterocycles. The normalized spacial score (nSPS) is 33.0. The third-order valence-corrected chi connectivity index (χ3v) is 7.15. The van der Waals surface area contributed by atoms with Gasteiger partial charge in [-0.15, -0.1) is 0 Å². The first-order valence-electron chi connectivity index (χ1n) is 10.9. The Kier molecular flexibility index (Phi) is 7.52. The number of esters is 2. The molecule has 158 valence electrons. The van der Waals surface area contributed by atoms with Crippen molar-refractivity contribution in [1.82, 2.24) is 0 Å². The van der Waals surface area contributed by atoms with Gasteiger partial charge in [0.05, 0.1) is 0 Å². The first kappa shape index (κ1) is 22.7.